The zero-order valence-electron chi connectivity index (χ0n) is 12.5. The molecule has 1 aromatic carbocycles. The average molecular weight is 306 g/mol. The van der Waals surface area contributed by atoms with Crippen LogP contribution >= 0.6 is 0 Å². The quantitative estimate of drug-likeness (QED) is 0.930. The van der Waals surface area contributed by atoms with Crippen LogP contribution in [0.1, 0.15) is 38.7 Å². The van der Waals surface area contributed by atoms with Gasteiger partial charge in [-0.15, -0.1) is 0 Å². The van der Waals surface area contributed by atoms with E-state index in [9.17, 15) is 8.42 Å². The highest BCUT2D eigenvalue weighted by molar-refractivity contribution is 7.89. The summed E-state index contributed by atoms with van der Waals surface area (Å²) in [6, 6.07) is 8.61. The fourth-order valence-corrected chi connectivity index (χ4v) is 4.25. The fourth-order valence-electron chi connectivity index (χ4n) is 2.89. The molecule has 0 bridgehead atoms. The SMILES string of the molecule is CC1CCCC(NS(=O)(=O)c2ccc(CC#N)cc2)C1C. The summed E-state index contributed by atoms with van der Waals surface area (Å²) in [5.74, 6) is 0.899. The van der Waals surface area contributed by atoms with E-state index < -0.39 is 10.0 Å². The molecule has 21 heavy (non-hydrogen) atoms. The molecule has 4 nitrogen and oxygen atoms in total. The van der Waals surface area contributed by atoms with E-state index in [0.717, 1.165) is 18.4 Å². The lowest BCUT2D eigenvalue weighted by Gasteiger charge is -2.34. The summed E-state index contributed by atoms with van der Waals surface area (Å²) in [4.78, 5) is 0.273. The number of nitrogens with zero attached hydrogens (tertiary/aromatic N) is 1. The second-order valence-corrected chi connectivity index (χ2v) is 7.69. The normalized spacial score (nSPS) is 26.2. The minimum Gasteiger partial charge on any atom is -0.208 e. The van der Waals surface area contributed by atoms with Crippen molar-refractivity contribution in [1.29, 1.82) is 5.26 Å². The van der Waals surface area contributed by atoms with Gasteiger partial charge < -0.3 is 0 Å². The van der Waals surface area contributed by atoms with Crippen LogP contribution in [0.2, 0.25) is 0 Å². The van der Waals surface area contributed by atoms with Crippen LogP contribution in [0.15, 0.2) is 29.2 Å². The summed E-state index contributed by atoms with van der Waals surface area (Å²) < 4.78 is 27.7. The Kier molecular flexibility index (Phi) is 5.02. The highest BCUT2D eigenvalue weighted by atomic mass is 32.2. The molecule has 0 amide bonds. The molecule has 0 saturated heterocycles. The third-order valence-electron chi connectivity index (χ3n) is 4.53. The number of nitriles is 1. The molecule has 0 radical (unpaired) electrons. The van der Waals surface area contributed by atoms with Gasteiger partial charge in [0.1, 0.15) is 0 Å². The highest BCUT2D eigenvalue weighted by Gasteiger charge is 2.30. The van der Waals surface area contributed by atoms with Gasteiger partial charge in [-0.2, -0.15) is 5.26 Å². The zero-order valence-corrected chi connectivity index (χ0v) is 13.4. The topological polar surface area (TPSA) is 70.0 Å². The maximum absolute atomic E-state index is 12.4. The Morgan fingerprint density at radius 3 is 2.52 bits per heavy atom. The van der Waals surface area contributed by atoms with Gasteiger partial charge in [-0.25, -0.2) is 13.1 Å². The molecule has 114 valence electrons. The molecule has 1 aromatic rings. The van der Waals surface area contributed by atoms with Crippen molar-refractivity contribution in [3.05, 3.63) is 29.8 Å². The summed E-state index contributed by atoms with van der Waals surface area (Å²) in [7, 11) is -3.48. The van der Waals surface area contributed by atoms with Gasteiger partial charge in [0, 0.05) is 6.04 Å². The van der Waals surface area contributed by atoms with Gasteiger partial charge in [-0.1, -0.05) is 38.8 Å². The van der Waals surface area contributed by atoms with Crippen LogP contribution in [0, 0.1) is 23.2 Å². The van der Waals surface area contributed by atoms with Gasteiger partial charge in [0.05, 0.1) is 17.4 Å². The van der Waals surface area contributed by atoms with Crippen LogP contribution in [-0.2, 0) is 16.4 Å². The van der Waals surface area contributed by atoms with E-state index in [0.29, 0.717) is 18.3 Å². The summed E-state index contributed by atoms with van der Waals surface area (Å²) in [6.07, 6.45) is 3.43. The second kappa shape index (κ2) is 6.59. The molecule has 0 heterocycles. The van der Waals surface area contributed by atoms with Crippen molar-refractivity contribution in [2.24, 2.45) is 11.8 Å². The average Bonchev–Trinajstić information content (AvgIpc) is 2.45. The van der Waals surface area contributed by atoms with Crippen molar-refractivity contribution in [3.63, 3.8) is 0 Å². The van der Waals surface area contributed by atoms with Crippen LogP contribution in [0.4, 0.5) is 0 Å². The molecule has 1 aliphatic carbocycles. The first kappa shape index (κ1) is 16.0. The zero-order chi connectivity index (χ0) is 15.5. The van der Waals surface area contributed by atoms with Crippen molar-refractivity contribution in [1.82, 2.24) is 4.72 Å². The van der Waals surface area contributed by atoms with Crippen molar-refractivity contribution >= 4 is 10.0 Å². The Labute approximate surface area is 127 Å². The Bertz CT molecular complexity index is 617. The minimum absolute atomic E-state index is 0.0116. The summed E-state index contributed by atoms with van der Waals surface area (Å²) in [6.45, 7) is 4.30. The van der Waals surface area contributed by atoms with E-state index in [2.05, 4.69) is 24.6 Å². The van der Waals surface area contributed by atoms with Crippen LogP contribution in [-0.4, -0.2) is 14.5 Å². The van der Waals surface area contributed by atoms with Crippen molar-refractivity contribution in [2.75, 3.05) is 0 Å². The van der Waals surface area contributed by atoms with Crippen LogP contribution in [0.3, 0.4) is 0 Å². The van der Waals surface area contributed by atoms with Gasteiger partial charge in [-0.05, 0) is 36.0 Å². The third-order valence-corrected chi connectivity index (χ3v) is 6.04. The molecule has 3 unspecified atom stereocenters. The molecular weight excluding hydrogens is 284 g/mol. The molecule has 3 atom stereocenters. The van der Waals surface area contributed by atoms with E-state index in [1.165, 1.54) is 6.42 Å². The first-order chi connectivity index (χ1) is 9.94. The van der Waals surface area contributed by atoms with Crippen molar-refractivity contribution in [3.8, 4) is 6.07 Å². The molecular formula is C16H22N2O2S. The Balaban J connectivity index is 2.12. The number of sulfonamides is 1. The lowest BCUT2D eigenvalue weighted by atomic mass is 9.78. The second-order valence-electron chi connectivity index (χ2n) is 5.97. The number of nitrogens with one attached hydrogen (secondary N) is 1. The smallest absolute Gasteiger partial charge is 0.208 e. The first-order valence-electron chi connectivity index (χ1n) is 7.42. The third kappa shape index (κ3) is 3.84. The molecule has 0 aromatic heterocycles. The number of benzene rings is 1. The van der Waals surface area contributed by atoms with E-state index in [4.69, 9.17) is 5.26 Å². The van der Waals surface area contributed by atoms with Crippen molar-refractivity contribution < 1.29 is 8.42 Å². The standard InChI is InChI=1S/C16H22N2O2S/c1-12-4-3-5-16(13(12)2)18-21(19,20)15-8-6-14(7-9-15)10-11-17/h6-9,12-13,16,18H,3-5,10H2,1-2H3. The predicted molar refractivity (Wildman–Crippen MR) is 82.0 cm³/mol. The Hall–Kier alpha value is -1.38. The van der Waals surface area contributed by atoms with Gasteiger partial charge >= 0.3 is 0 Å². The molecule has 1 aliphatic rings. The summed E-state index contributed by atoms with van der Waals surface area (Å²) >= 11 is 0. The highest BCUT2D eigenvalue weighted by Crippen LogP contribution is 2.30. The molecule has 1 N–H and O–H groups in total. The molecule has 0 spiro atoms. The van der Waals surface area contributed by atoms with Gasteiger partial charge in [0.2, 0.25) is 10.0 Å². The van der Waals surface area contributed by atoms with Gasteiger partial charge in [0.25, 0.3) is 0 Å². The molecule has 1 fully saturated rings. The number of hydrogen-bond donors (Lipinski definition) is 1. The monoisotopic (exact) mass is 306 g/mol. The number of rotatable bonds is 4. The minimum atomic E-state index is -3.48. The Morgan fingerprint density at radius 2 is 1.90 bits per heavy atom. The van der Waals surface area contributed by atoms with Crippen LogP contribution in [0.25, 0.3) is 0 Å². The number of hydrogen-bond acceptors (Lipinski definition) is 3. The predicted octanol–water partition coefficient (Wildman–Crippen LogP) is 2.86. The Morgan fingerprint density at radius 1 is 1.24 bits per heavy atom. The van der Waals surface area contributed by atoms with E-state index in [-0.39, 0.29) is 10.9 Å². The molecule has 5 heteroatoms. The summed E-state index contributed by atoms with van der Waals surface area (Å²) in [5.41, 5.74) is 0.830. The van der Waals surface area contributed by atoms with E-state index >= 15 is 0 Å². The van der Waals surface area contributed by atoms with Crippen LogP contribution in [0.5, 0.6) is 0 Å². The van der Waals surface area contributed by atoms with E-state index in [1.807, 2.05) is 0 Å². The van der Waals surface area contributed by atoms with Crippen molar-refractivity contribution in [2.45, 2.75) is 50.5 Å². The summed E-state index contributed by atoms with van der Waals surface area (Å²) in [5, 5.41) is 8.64. The van der Waals surface area contributed by atoms with Crippen LogP contribution < -0.4 is 4.72 Å². The first-order valence-corrected chi connectivity index (χ1v) is 8.90. The molecule has 0 aliphatic heterocycles. The molecule has 1 saturated carbocycles. The lowest BCUT2D eigenvalue weighted by Crippen LogP contribution is -2.43. The largest absolute Gasteiger partial charge is 0.240 e. The van der Waals surface area contributed by atoms with E-state index in [1.54, 1.807) is 24.3 Å². The lowest BCUT2D eigenvalue weighted by molar-refractivity contribution is 0.227. The molecule has 2 rings (SSSR count). The van der Waals surface area contributed by atoms with Gasteiger partial charge in [0.15, 0.2) is 0 Å². The van der Waals surface area contributed by atoms with Gasteiger partial charge in [-0.3, -0.25) is 0 Å². The maximum atomic E-state index is 12.4. The fraction of sp³-hybridized carbons (Fsp3) is 0.562. The maximum Gasteiger partial charge on any atom is 0.240 e.